The molecule has 7 nitrogen and oxygen atoms in total. The molecule has 2 rings (SSSR count). The van der Waals surface area contributed by atoms with E-state index < -0.39 is 4.92 Å². The molecule has 0 spiro atoms. The van der Waals surface area contributed by atoms with Crippen LogP contribution in [0, 0.1) is 10.1 Å². The third kappa shape index (κ3) is 3.24. The van der Waals surface area contributed by atoms with Crippen molar-refractivity contribution in [1.29, 1.82) is 0 Å². The fourth-order valence-corrected chi connectivity index (χ4v) is 2.67. The Morgan fingerprint density at radius 2 is 2.29 bits per heavy atom. The van der Waals surface area contributed by atoms with Crippen molar-refractivity contribution in [1.82, 2.24) is 14.8 Å². The minimum absolute atomic E-state index is 0.00414. The second-order valence-corrected chi connectivity index (χ2v) is 5.76. The van der Waals surface area contributed by atoms with E-state index >= 15 is 0 Å². The lowest BCUT2D eigenvalue weighted by molar-refractivity contribution is -0.384. The molecule has 0 saturated carbocycles. The number of nitrogens with zero attached hydrogens (tertiary/aromatic N) is 3. The molecule has 0 aromatic carbocycles. The number of carbonyl (C=O) groups is 1. The number of hydrogen-bond donors (Lipinski definition) is 1. The molecule has 1 saturated heterocycles. The van der Waals surface area contributed by atoms with Crippen molar-refractivity contribution in [2.45, 2.75) is 38.8 Å². The van der Waals surface area contributed by atoms with Crippen LogP contribution in [-0.2, 0) is 0 Å². The lowest BCUT2D eigenvalue weighted by atomic mass is 10.1. The zero-order chi connectivity index (χ0) is 15.6. The normalized spacial score (nSPS) is 18.8. The minimum Gasteiger partial charge on any atom is -0.336 e. The summed E-state index contributed by atoms with van der Waals surface area (Å²) in [6.07, 6.45) is 3.43. The van der Waals surface area contributed by atoms with Crippen LogP contribution in [0.15, 0.2) is 12.3 Å². The van der Waals surface area contributed by atoms with Gasteiger partial charge in [0.1, 0.15) is 5.69 Å². The van der Waals surface area contributed by atoms with Gasteiger partial charge in [-0.2, -0.15) is 0 Å². The summed E-state index contributed by atoms with van der Waals surface area (Å²) in [6, 6.07) is 1.51. The lowest BCUT2D eigenvalue weighted by Crippen LogP contribution is -2.47. The number of aromatic nitrogens is 1. The molecule has 1 N–H and O–H groups in total. The van der Waals surface area contributed by atoms with Gasteiger partial charge in [0.2, 0.25) is 0 Å². The van der Waals surface area contributed by atoms with E-state index in [0.29, 0.717) is 5.69 Å². The second-order valence-electron chi connectivity index (χ2n) is 5.76. The molecular formula is C14H22N4O3. The van der Waals surface area contributed by atoms with Gasteiger partial charge in [0.25, 0.3) is 11.6 Å². The van der Waals surface area contributed by atoms with Crippen molar-refractivity contribution in [2.75, 3.05) is 20.1 Å². The van der Waals surface area contributed by atoms with Crippen molar-refractivity contribution >= 4 is 11.6 Å². The Bertz CT molecular complexity index is 532. The zero-order valence-corrected chi connectivity index (χ0v) is 12.7. The molecule has 0 bridgehead atoms. The molecule has 1 aromatic heterocycles. The Kier molecular flexibility index (Phi) is 4.62. The summed E-state index contributed by atoms with van der Waals surface area (Å²) in [4.78, 5) is 24.8. The first-order chi connectivity index (χ1) is 9.91. The minimum atomic E-state index is -0.460. The van der Waals surface area contributed by atoms with E-state index in [1.54, 1.807) is 16.5 Å². The van der Waals surface area contributed by atoms with Gasteiger partial charge in [-0.15, -0.1) is 0 Å². The van der Waals surface area contributed by atoms with Gasteiger partial charge in [0, 0.05) is 31.7 Å². The van der Waals surface area contributed by atoms with Crippen LogP contribution in [0.3, 0.4) is 0 Å². The standard InChI is InChI=1S/C14H22N4O3/c1-10(2)17-9-12(18(20)21)7-13(17)14(19)16(3)11-5-4-6-15-8-11/h7,9-11,15H,4-6,8H2,1-3H3. The molecule has 1 aromatic rings. The number of hydrogen-bond acceptors (Lipinski definition) is 4. The number of rotatable bonds is 4. The predicted octanol–water partition coefficient (Wildman–Crippen LogP) is 1.80. The van der Waals surface area contributed by atoms with Gasteiger partial charge >= 0.3 is 0 Å². The van der Waals surface area contributed by atoms with E-state index in [-0.39, 0.29) is 23.7 Å². The number of nitro groups is 1. The van der Waals surface area contributed by atoms with Crippen molar-refractivity contribution < 1.29 is 9.72 Å². The maximum absolute atomic E-state index is 12.7. The lowest BCUT2D eigenvalue weighted by Gasteiger charge is -2.32. The Morgan fingerprint density at radius 1 is 1.57 bits per heavy atom. The molecule has 1 aliphatic rings. The van der Waals surface area contributed by atoms with E-state index in [1.165, 1.54) is 12.3 Å². The third-order valence-electron chi connectivity index (χ3n) is 3.96. The average Bonchev–Trinajstić information content (AvgIpc) is 2.92. The number of carbonyl (C=O) groups excluding carboxylic acids is 1. The largest absolute Gasteiger partial charge is 0.336 e. The Morgan fingerprint density at radius 3 is 2.81 bits per heavy atom. The molecule has 7 heteroatoms. The van der Waals surface area contributed by atoms with Crippen molar-refractivity contribution in [3.05, 3.63) is 28.1 Å². The number of nitrogens with one attached hydrogen (secondary N) is 1. The van der Waals surface area contributed by atoms with Gasteiger partial charge in [0.15, 0.2) is 0 Å². The van der Waals surface area contributed by atoms with Crippen LogP contribution >= 0.6 is 0 Å². The Balaban J connectivity index is 2.26. The first kappa shape index (κ1) is 15.5. The predicted molar refractivity (Wildman–Crippen MR) is 79.5 cm³/mol. The summed E-state index contributed by atoms with van der Waals surface area (Å²) >= 11 is 0. The summed E-state index contributed by atoms with van der Waals surface area (Å²) in [5.74, 6) is -0.162. The van der Waals surface area contributed by atoms with Crippen molar-refractivity contribution in [3.63, 3.8) is 0 Å². The molecule has 1 amide bonds. The SMILES string of the molecule is CC(C)n1cc([N+](=O)[O-])cc1C(=O)N(C)C1CCCNC1. The van der Waals surface area contributed by atoms with Crippen LogP contribution < -0.4 is 5.32 Å². The van der Waals surface area contributed by atoms with Gasteiger partial charge in [-0.1, -0.05) is 0 Å². The summed E-state index contributed by atoms with van der Waals surface area (Å²) in [6.45, 7) is 5.56. The fourth-order valence-electron chi connectivity index (χ4n) is 2.67. The highest BCUT2D eigenvalue weighted by Crippen LogP contribution is 2.23. The summed E-state index contributed by atoms with van der Waals surface area (Å²) in [7, 11) is 1.77. The number of piperidine rings is 1. The first-order valence-electron chi connectivity index (χ1n) is 7.26. The van der Waals surface area contributed by atoms with E-state index in [2.05, 4.69) is 5.32 Å². The van der Waals surface area contributed by atoms with E-state index in [1.807, 2.05) is 13.8 Å². The molecule has 2 heterocycles. The average molecular weight is 294 g/mol. The van der Waals surface area contributed by atoms with Crippen LogP contribution in [0.1, 0.15) is 43.2 Å². The van der Waals surface area contributed by atoms with Gasteiger partial charge in [-0.05, 0) is 33.2 Å². The maximum Gasteiger partial charge on any atom is 0.287 e. The number of amides is 1. The van der Waals surface area contributed by atoms with Crippen molar-refractivity contribution in [3.8, 4) is 0 Å². The monoisotopic (exact) mass is 294 g/mol. The first-order valence-corrected chi connectivity index (χ1v) is 7.26. The Labute approximate surface area is 124 Å². The van der Waals surface area contributed by atoms with Crippen LogP contribution in [0.25, 0.3) is 0 Å². The molecule has 116 valence electrons. The fraction of sp³-hybridized carbons (Fsp3) is 0.643. The Hall–Kier alpha value is -1.89. The number of likely N-dealkylation sites (N-methyl/N-ethyl adjacent to an activating group) is 1. The summed E-state index contributed by atoms with van der Waals surface area (Å²) in [5, 5.41) is 14.2. The van der Waals surface area contributed by atoms with Gasteiger partial charge < -0.3 is 14.8 Å². The van der Waals surface area contributed by atoms with Gasteiger partial charge in [0.05, 0.1) is 11.1 Å². The topological polar surface area (TPSA) is 80.4 Å². The molecule has 1 aliphatic heterocycles. The molecule has 1 fully saturated rings. The highest BCUT2D eigenvalue weighted by atomic mass is 16.6. The molecule has 21 heavy (non-hydrogen) atoms. The van der Waals surface area contributed by atoms with Crippen LogP contribution in [0.5, 0.6) is 0 Å². The molecular weight excluding hydrogens is 272 g/mol. The summed E-state index contributed by atoms with van der Waals surface area (Å²) in [5.41, 5.74) is 0.340. The maximum atomic E-state index is 12.7. The van der Waals surface area contributed by atoms with E-state index in [4.69, 9.17) is 0 Å². The molecule has 0 radical (unpaired) electrons. The third-order valence-corrected chi connectivity index (χ3v) is 3.96. The zero-order valence-electron chi connectivity index (χ0n) is 12.7. The highest BCUT2D eigenvalue weighted by molar-refractivity contribution is 5.93. The second kappa shape index (κ2) is 6.26. The van der Waals surface area contributed by atoms with Crippen LogP contribution in [-0.4, -0.2) is 46.5 Å². The van der Waals surface area contributed by atoms with Crippen LogP contribution in [0.4, 0.5) is 5.69 Å². The molecule has 1 unspecified atom stereocenters. The molecule has 1 atom stereocenters. The van der Waals surface area contributed by atoms with Crippen molar-refractivity contribution in [2.24, 2.45) is 0 Å². The van der Waals surface area contributed by atoms with Gasteiger partial charge in [-0.25, -0.2) is 0 Å². The summed E-state index contributed by atoms with van der Waals surface area (Å²) < 4.78 is 1.67. The van der Waals surface area contributed by atoms with E-state index in [9.17, 15) is 14.9 Å². The molecule has 0 aliphatic carbocycles. The highest BCUT2D eigenvalue weighted by Gasteiger charge is 2.27. The van der Waals surface area contributed by atoms with E-state index in [0.717, 1.165) is 25.9 Å². The quantitative estimate of drug-likeness (QED) is 0.678. The van der Waals surface area contributed by atoms with Crippen LogP contribution in [0.2, 0.25) is 0 Å². The smallest absolute Gasteiger partial charge is 0.287 e. The van der Waals surface area contributed by atoms with Gasteiger partial charge in [-0.3, -0.25) is 14.9 Å².